The summed E-state index contributed by atoms with van der Waals surface area (Å²) in [6, 6.07) is 0.692. The Morgan fingerprint density at radius 3 is 2.74 bits per heavy atom. The first-order chi connectivity index (χ1) is 9.20. The van der Waals surface area contributed by atoms with Crippen LogP contribution in [0.4, 0.5) is 0 Å². The molecule has 5 nitrogen and oxygen atoms in total. The van der Waals surface area contributed by atoms with Gasteiger partial charge in [-0.3, -0.25) is 4.90 Å². The lowest BCUT2D eigenvalue weighted by Gasteiger charge is -2.24. The van der Waals surface area contributed by atoms with Crippen LogP contribution in [-0.2, 0) is 9.53 Å². The fourth-order valence-electron chi connectivity index (χ4n) is 3.20. The van der Waals surface area contributed by atoms with E-state index in [0.717, 1.165) is 19.6 Å². The van der Waals surface area contributed by atoms with Gasteiger partial charge in [0.25, 0.3) is 0 Å². The lowest BCUT2D eigenvalue weighted by Crippen LogP contribution is -2.36. The molecule has 5 heteroatoms. The molecule has 2 aliphatic rings. The van der Waals surface area contributed by atoms with Gasteiger partial charge in [0.1, 0.15) is 0 Å². The minimum Gasteiger partial charge on any atom is -0.479 e. The van der Waals surface area contributed by atoms with Crippen molar-refractivity contribution >= 4 is 5.97 Å². The molecule has 0 aromatic carbocycles. The van der Waals surface area contributed by atoms with E-state index in [1.807, 2.05) is 6.92 Å². The molecule has 0 aromatic rings. The van der Waals surface area contributed by atoms with Gasteiger partial charge in [0.2, 0.25) is 0 Å². The molecule has 0 aliphatic carbocycles. The Kier molecular flexibility index (Phi) is 5.60. The number of carbonyl (C=O) groups is 1. The summed E-state index contributed by atoms with van der Waals surface area (Å²) in [4.78, 5) is 16.0. The zero-order chi connectivity index (χ0) is 13.7. The van der Waals surface area contributed by atoms with Gasteiger partial charge in [-0.2, -0.15) is 0 Å². The molecule has 2 atom stereocenters. The van der Waals surface area contributed by atoms with Crippen molar-refractivity contribution in [3.8, 4) is 0 Å². The second-order valence-corrected chi connectivity index (χ2v) is 5.56. The standard InChI is InChI=1S/C14H26N2O3/c1-2-19-13(14(17)18)6-10-15-9-5-12(11-15)16-7-3-4-8-16/h12-13H,2-11H2,1H3,(H,17,18). The normalized spacial score (nSPS) is 26.9. The molecule has 0 spiro atoms. The third kappa shape index (κ3) is 4.16. The Balaban J connectivity index is 1.70. The van der Waals surface area contributed by atoms with Gasteiger partial charge in [0, 0.05) is 25.7 Å². The summed E-state index contributed by atoms with van der Waals surface area (Å²) in [6.45, 7) is 7.83. The third-order valence-electron chi connectivity index (χ3n) is 4.26. The molecule has 2 rings (SSSR count). The predicted octanol–water partition coefficient (Wildman–Crippen LogP) is 1.04. The first-order valence-corrected chi connectivity index (χ1v) is 7.51. The smallest absolute Gasteiger partial charge is 0.332 e. The molecular formula is C14H26N2O3. The van der Waals surface area contributed by atoms with Gasteiger partial charge in [0.15, 0.2) is 6.10 Å². The summed E-state index contributed by atoms with van der Waals surface area (Å²) in [7, 11) is 0. The molecule has 0 aromatic heterocycles. The second-order valence-electron chi connectivity index (χ2n) is 5.56. The van der Waals surface area contributed by atoms with Crippen molar-refractivity contribution in [3.63, 3.8) is 0 Å². The minimum atomic E-state index is -0.836. The van der Waals surface area contributed by atoms with Gasteiger partial charge in [-0.05, 0) is 52.2 Å². The summed E-state index contributed by atoms with van der Waals surface area (Å²) in [5, 5.41) is 9.05. The molecule has 0 amide bonds. The summed E-state index contributed by atoms with van der Waals surface area (Å²) in [5.74, 6) is -0.836. The summed E-state index contributed by atoms with van der Waals surface area (Å²) in [5.41, 5.74) is 0. The van der Waals surface area contributed by atoms with E-state index in [1.165, 1.54) is 32.4 Å². The minimum absolute atomic E-state index is 0.466. The Morgan fingerprint density at radius 2 is 2.11 bits per heavy atom. The Bertz CT molecular complexity index is 292. The molecule has 2 heterocycles. The summed E-state index contributed by atoms with van der Waals surface area (Å²) < 4.78 is 5.25. The van der Waals surface area contributed by atoms with Crippen LogP contribution < -0.4 is 0 Å². The maximum atomic E-state index is 11.0. The number of aliphatic carboxylic acids is 1. The van der Waals surface area contributed by atoms with E-state index in [-0.39, 0.29) is 0 Å². The predicted molar refractivity (Wildman–Crippen MR) is 73.3 cm³/mol. The van der Waals surface area contributed by atoms with E-state index in [9.17, 15) is 4.79 Å². The summed E-state index contributed by atoms with van der Waals surface area (Å²) >= 11 is 0. The van der Waals surface area contributed by atoms with Crippen molar-refractivity contribution in [2.75, 3.05) is 39.3 Å². The van der Waals surface area contributed by atoms with Crippen molar-refractivity contribution in [3.05, 3.63) is 0 Å². The van der Waals surface area contributed by atoms with Crippen molar-refractivity contribution in [2.24, 2.45) is 0 Å². The number of rotatable bonds is 7. The molecule has 19 heavy (non-hydrogen) atoms. The quantitative estimate of drug-likeness (QED) is 0.749. The number of ether oxygens (including phenoxy) is 1. The maximum Gasteiger partial charge on any atom is 0.332 e. The van der Waals surface area contributed by atoms with E-state index in [1.54, 1.807) is 0 Å². The topological polar surface area (TPSA) is 53.0 Å². The number of hydrogen-bond donors (Lipinski definition) is 1. The zero-order valence-electron chi connectivity index (χ0n) is 11.9. The van der Waals surface area contributed by atoms with Gasteiger partial charge in [0.05, 0.1) is 0 Å². The molecule has 2 unspecified atom stereocenters. The second kappa shape index (κ2) is 7.22. The molecule has 2 aliphatic heterocycles. The Hall–Kier alpha value is -0.650. The van der Waals surface area contributed by atoms with Crippen LogP contribution in [0, 0.1) is 0 Å². The van der Waals surface area contributed by atoms with Crippen LogP contribution >= 0.6 is 0 Å². The first kappa shape index (κ1) is 14.8. The van der Waals surface area contributed by atoms with Gasteiger partial charge in [-0.25, -0.2) is 4.79 Å². The monoisotopic (exact) mass is 270 g/mol. The molecular weight excluding hydrogens is 244 g/mol. The van der Waals surface area contributed by atoms with Gasteiger partial charge >= 0.3 is 5.97 Å². The fraction of sp³-hybridized carbons (Fsp3) is 0.929. The molecule has 0 bridgehead atoms. The van der Waals surface area contributed by atoms with Crippen molar-refractivity contribution < 1.29 is 14.6 Å². The van der Waals surface area contributed by atoms with Crippen molar-refractivity contribution in [1.29, 1.82) is 0 Å². The van der Waals surface area contributed by atoms with Crippen LogP contribution in [0.5, 0.6) is 0 Å². The zero-order valence-corrected chi connectivity index (χ0v) is 11.9. The average Bonchev–Trinajstić information content (AvgIpc) is 3.04. The molecule has 1 N–H and O–H groups in total. The molecule has 2 fully saturated rings. The van der Waals surface area contributed by atoms with E-state index in [4.69, 9.17) is 9.84 Å². The summed E-state index contributed by atoms with van der Waals surface area (Å²) in [6.07, 6.45) is 3.85. The Labute approximate surface area is 115 Å². The SMILES string of the molecule is CCOC(CCN1CCC(N2CCCC2)C1)C(=O)O. The van der Waals surface area contributed by atoms with Gasteiger partial charge in [-0.15, -0.1) is 0 Å². The van der Waals surface area contributed by atoms with Crippen LogP contribution in [0.2, 0.25) is 0 Å². The number of carboxylic acids is 1. The maximum absolute atomic E-state index is 11.0. The highest BCUT2D eigenvalue weighted by Gasteiger charge is 2.29. The van der Waals surface area contributed by atoms with Crippen molar-refractivity contribution in [2.45, 2.75) is 44.8 Å². The van der Waals surface area contributed by atoms with Gasteiger partial charge < -0.3 is 14.7 Å². The molecule has 0 saturated carbocycles. The number of nitrogens with zero attached hydrogens (tertiary/aromatic N) is 2. The van der Waals surface area contributed by atoms with E-state index in [2.05, 4.69) is 9.80 Å². The van der Waals surface area contributed by atoms with Gasteiger partial charge in [-0.1, -0.05) is 0 Å². The van der Waals surface area contributed by atoms with Crippen molar-refractivity contribution in [1.82, 2.24) is 9.80 Å². The highest BCUT2D eigenvalue weighted by Crippen LogP contribution is 2.20. The molecule has 110 valence electrons. The average molecular weight is 270 g/mol. The fourth-order valence-corrected chi connectivity index (χ4v) is 3.20. The third-order valence-corrected chi connectivity index (χ3v) is 4.26. The highest BCUT2D eigenvalue weighted by atomic mass is 16.5. The van der Waals surface area contributed by atoms with Crippen LogP contribution in [-0.4, -0.2) is 72.4 Å². The van der Waals surface area contributed by atoms with Crippen LogP contribution in [0.1, 0.15) is 32.6 Å². The van der Waals surface area contributed by atoms with E-state index < -0.39 is 12.1 Å². The van der Waals surface area contributed by atoms with Crippen LogP contribution in [0.25, 0.3) is 0 Å². The van der Waals surface area contributed by atoms with E-state index in [0.29, 0.717) is 19.1 Å². The lowest BCUT2D eigenvalue weighted by atomic mass is 10.2. The van der Waals surface area contributed by atoms with Crippen LogP contribution in [0.15, 0.2) is 0 Å². The number of hydrogen-bond acceptors (Lipinski definition) is 4. The number of carboxylic acid groups (broad SMARTS) is 1. The lowest BCUT2D eigenvalue weighted by molar-refractivity contribution is -0.150. The number of likely N-dealkylation sites (tertiary alicyclic amines) is 2. The highest BCUT2D eigenvalue weighted by molar-refractivity contribution is 5.72. The molecule has 2 saturated heterocycles. The first-order valence-electron chi connectivity index (χ1n) is 7.51. The Morgan fingerprint density at radius 1 is 1.37 bits per heavy atom. The largest absolute Gasteiger partial charge is 0.479 e. The van der Waals surface area contributed by atoms with Crippen LogP contribution in [0.3, 0.4) is 0 Å². The molecule has 0 radical (unpaired) electrons. The van der Waals surface area contributed by atoms with E-state index >= 15 is 0 Å².